The smallest absolute Gasteiger partial charge is 0.315 e. The standard InChI is InChI=1S/C10H19N3OS/c1-7(6-9(11)15)12-10(14)13-8-4-2-3-5-8/h7-8H,2-6H2,1H3,(H2,11,15)(H2,12,13,14). The van der Waals surface area contributed by atoms with E-state index in [9.17, 15) is 4.79 Å². The first-order valence-corrected chi connectivity index (χ1v) is 5.84. The summed E-state index contributed by atoms with van der Waals surface area (Å²) in [5.41, 5.74) is 5.39. The molecule has 1 aliphatic rings. The van der Waals surface area contributed by atoms with Gasteiger partial charge in [-0.3, -0.25) is 0 Å². The first kappa shape index (κ1) is 12.2. The molecule has 0 heterocycles. The van der Waals surface area contributed by atoms with Crippen molar-refractivity contribution < 1.29 is 4.79 Å². The van der Waals surface area contributed by atoms with Gasteiger partial charge in [0.25, 0.3) is 0 Å². The van der Waals surface area contributed by atoms with E-state index in [0.717, 1.165) is 12.8 Å². The Hall–Kier alpha value is -0.840. The number of hydrogen-bond acceptors (Lipinski definition) is 2. The van der Waals surface area contributed by atoms with E-state index in [4.69, 9.17) is 18.0 Å². The van der Waals surface area contributed by atoms with E-state index < -0.39 is 0 Å². The van der Waals surface area contributed by atoms with Gasteiger partial charge in [0.05, 0.1) is 4.99 Å². The molecule has 0 aromatic rings. The average molecular weight is 229 g/mol. The number of carbonyl (C=O) groups excluding carboxylic acids is 1. The predicted molar refractivity (Wildman–Crippen MR) is 64.8 cm³/mol. The lowest BCUT2D eigenvalue weighted by Crippen LogP contribution is -2.45. The lowest BCUT2D eigenvalue weighted by Gasteiger charge is -2.16. The van der Waals surface area contributed by atoms with Crippen LogP contribution in [0.1, 0.15) is 39.0 Å². The molecule has 0 aromatic carbocycles. The summed E-state index contributed by atoms with van der Waals surface area (Å²) in [6, 6.07) is 0.247. The first-order valence-electron chi connectivity index (χ1n) is 5.43. The second-order valence-corrected chi connectivity index (χ2v) is 4.70. The Balaban J connectivity index is 2.19. The first-order chi connectivity index (χ1) is 7.08. The van der Waals surface area contributed by atoms with Crippen LogP contribution in [-0.4, -0.2) is 23.1 Å². The molecule has 0 aliphatic heterocycles. The second-order valence-electron chi connectivity index (χ2n) is 4.17. The molecule has 0 aromatic heterocycles. The van der Waals surface area contributed by atoms with Crippen molar-refractivity contribution in [1.82, 2.24) is 10.6 Å². The Morgan fingerprint density at radius 2 is 2.13 bits per heavy atom. The van der Waals surface area contributed by atoms with Crippen LogP contribution >= 0.6 is 12.2 Å². The Labute approximate surface area is 96.0 Å². The van der Waals surface area contributed by atoms with Crippen molar-refractivity contribution in [1.29, 1.82) is 0 Å². The van der Waals surface area contributed by atoms with Gasteiger partial charge in [0, 0.05) is 18.5 Å². The maximum absolute atomic E-state index is 11.5. The maximum atomic E-state index is 11.5. The molecule has 0 bridgehead atoms. The minimum absolute atomic E-state index is 0.00361. The highest BCUT2D eigenvalue weighted by molar-refractivity contribution is 7.80. The van der Waals surface area contributed by atoms with E-state index >= 15 is 0 Å². The van der Waals surface area contributed by atoms with E-state index in [1.165, 1.54) is 12.8 Å². The fraction of sp³-hybridized carbons (Fsp3) is 0.800. The molecule has 1 unspecified atom stereocenters. The van der Waals surface area contributed by atoms with Crippen LogP contribution in [0.2, 0.25) is 0 Å². The van der Waals surface area contributed by atoms with Crippen molar-refractivity contribution >= 4 is 23.2 Å². The normalized spacial score (nSPS) is 18.5. The zero-order chi connectivity index (χ0) is 11.3. The van der Waals surface area contributed by atoms with Crippen LogP contribution < -0.4 is 16.4 Å². The summed E-state index contributed by atoms with van der Waals surface area (Å²) >= 11 is 4.77. The molecule has 15 heavy (non-hydrogen) atoms. The zero-order valence-corrected chi connectivity index (χ0v) is 9.90. The van der Waals surface area contributed by atoms with E-state index in [1.807, 2.05) is 6.92 Å². The summed E-state index contributed by atoms with van der Waals surface area (Å²) in [4.78, 5) is 11.9. The van der Waals surface area contributed by atoms with Gasteiger partial charge in [-0.2, -0.15) is 0 Å². The molecular formula is C10H19N3OS. The SMILES string of the molecule is CC(CC(N)=S)NC(=O)NC1CCCC1. The molecule has 86 valence electrons. The molecule has 1 saturated carbocycles. The van der Waals surface area contributed by atoms with Gasteiger partial charge in [-0.15, -0.1) is 0 Å². The molecular weight excluding hydrogens is 210 g/mol. The molecule has 4 N–H and O–H groups in total. The van der Waals surface area contributed by atoms with Crippen molar-refractivity contribution in [2.45, 2.75) is 51.1 Å². The van der Waals surface area contributed by atoms with Crippen molar-refractivity contribution in [2.75, 3.05) is 0 Å². The van der Waals surface area contributed by atoms with Crippen molar-refractivity contribution in [3.8, 4) is 0 Å². The van der Waals surface area contributed by atoms with Gasteiger partial charge in [0.1, 0.15) is 0 Å². The van der Waals surface area contributed by atoms with E-state index in [2.05, 4.69) is 10.6 Å². The summed E-state index contributed by atoms with van der Waals surface area (Å²) in [6.45, 7) is 1.90. The molecule has 1 fully saturated rings. The summed E-state index contributed by atoms with van der Waals surface area (Å²) < 4.78 is 0. The number of urea groups is 1. The van der Waals surface area contributed by atoms with E-state index in [0.29, 0.717) is 17.5 Å². The minimum Gasteiger partial charge on any atom is -0.393 e. The molecule has 0 saturated heterocycles. The quantitative estimate of drug-likeness (QED) is 0.636. The van der Waals surface area contributed by atoms with Gasteiger partial charge < -0.3 is 16.4 Å². The highest BCUT2D eigenvalue weighted by atomic mass is 32.1. The van der Waals surface area contributed by atoms with E-state index in [1.54, 1.807) is 0 Å². The number of amides is 2. The largest absolute Gasteiger partial charge is 0.393 e. The summed E-state index contributed by atoms with van der Waals surface area (Å²) in [5, 5.41) is 5.77. The Morgan fingerprint density at radius 1 is 1.53 bits per heavy atom. The number of nitrogens with one attached hydrogen (secondary N) is 2. The zero-order valence-electron chi connectivity index (χ0n) is 9.08. The van der Waals surface area contributed by atoms with Gasteiger partial charge in [0.15, 0.2) is 0 Å². The lowest BCUT2D eigenvalue weighted by atomic mass is 10.2. The fourth-order valence-electron chi connectivity index (χ4n) is 1.87. The third kappa shape index (κ3) is 4.97. The van der Waals surface area contributed by atoms with Gasteiger partial charge in [-0.05, 0) is 19.8 Å². The van der Waals surface area contributed by atoms with Crippen molar-refractivity contribution in [3.63, 3.8) is 0 Å². The second kappa shape index (κ2) is 5.90. The highest BCUT2D eigenvalue weighted by Crippen LogP contribution is 2.17. The molecule has 0 radical (unpaired) electrons. The fourth-order valence-corrected chi connectivity index (χ4v) is 2.12. The number of carbonyl (C=O) groups is 1. The van der Waals surface area contributed by atoms with Crippen molar-refractivity contribution in [3.05, 3.63) is 0 Å². The van der Waals surface area contributed by atoms with Gasteiger partial charge in [-0.1, -0.05) is 25.1 Å². The van der Waals surface area contributed by atoms with Crippen LogP contribution in [0.4, 0.5) is 4.79 Å². The predicted octanol–water partition coefficient (Wildman–Crippen LogP) is 1.29. The van der Waals surface area contributed by atoms with E-state index in [-0.39, 0.29) is 12.1 Å². The molecule has 2 amide bonds. The molecule has 1 atom stereocenters. The summed E-state index contributed by atoms with van der Waals surface area (Å²) in [7, 11) is 0. The summed E-state index contributed by atoms with van der Waals surface area (Å²) in [6.07, 6.45) is 5.17. The van der Waals surface area contributed by atoms with Crippen LogP contribution in [0.25, 0.3) is 0 Å². The molecule has 1 aliphatic carbocycles. The van der Waals surface area contributed by atoms with Crippen LogP contribution in [0.15, 0.2) is 0 Å². The van der Waals surface area contributed by atoms with Gasteiger partial charge in [-0.25, -0.2) is 4.79 Å². The minimum atomic E-state index is -0.106. The van der Waals surface area contributed by atoms with Gasteiger partial charge >= 0.3 is 6.03 Å². The molecule has 4 nitrogen and oxygen atoms in total. The Bertz CT molecular complexity index is 239. The van der Waals surface area contributed by atoms with Crippen LogP contribution in [0.3, 0.4) is 0 Å². The number of nitrogens with two attached hydrogens (primary N) is 1. The third-order valence-electron chi connectivity index (χ3n) is 2.58. The molecule has 0 spiro atoms. The highest BCUT2D eigenvalue weighted by Gasteiger charge is 2.17. The van der Waals surface area contributed by atoms with Crippen LogP contribution in [0.5, 0.6) is 0 Å². The number of hydrogen-bond donors (Lipinski definition) is 3. The van der Waals surface area contributed by atoms with Crippen LogP contribution in [-0.2, 0) is 0 Å². The topological polar surface area (TPSA) is 67.1 Å². The molecule has 5 heteroatoms. The monoisotopic (exact) mass is 229 g/mol. The Kier molecular flexibility index (Phi) is 4.81. The average Bonchev–Trinajstić information content (AvgIpc) is 2.53. The lowest BCUT2D eigenvalue weighted by molar-refractivity contribution is 0.234. The third-order valence-corrected chi connectivity index (χ3v) is 2.74. The number of thiocarbonyl (C=S) groups is 1. The van der Waals surface area contributed by atoms with Crippen LogP contribution in [0, 0.1) is 0 Å². The van der Waals surface area contributed by atoms with Gasteiger partial charge in [0.2, 0.25) is 0 Å². The summed E-state index contributed by atoms with van der Waals surface area (Å²) in [5.74, 6) is 0. The van der Waals surface area contributed by atoms with Crippen molar-refractivity contribution in [2.24, 2.45) is 5.73 Å². The molecule has 1 rings (SSSR count). The Morgan fingerprint density at radius 3 is 2.67 bits per heavy atom. The number of rotatable bonds is 4. The maximum Gasteiger partial charge on any atom is 0.315 e.